The van der Waals surface area contributed by atoms with Crippen LogP contribution in [-0.2, 0) is 11.3 Å². The summed E-state index contributed by atoms with van der Waals surface area (Å²) in [5, 5.41) is 0.469. The van der Waals surface area contributed by atoms with Crippen LogP contribution in [0.25, 0.3) is 6.08 Å². The van der Waals surface area contributed by atoms with Gasteiger partial charge in [-0.25, -0.2) is 0 Å². The fourth-order valence-electron chi connectivity index (χ4n) is 2.68. The minimum atomic E-state index is -0.386. The first-order valence-corrected chi connectivity index (χ1v) is 9.93. The number of terminal acetylenes is 1. The van der Waals surface area contributed by atoms with E-state index in [9.17, 15) is 9.59 Å². The van der Waals surface area contributed by atoms with Crippen LogP contribution in [0.4, 0.5) is 4.79 Å². The second-order valence-corrected chi connectivity index (χ2v) is 7.76. The van der Waals surface area contributed by atoms with E-state index in [4.69, 9.17) is 39.1 Å². The Morgan fingerprint density at radius 1 is 1.24 bits per heavy atom. The topological polar surface area (TPSA) is 55.8 Å². The number of imide groups is 1. The van der Waals surface area contributed by atoms with Gasteiger partial charge in [-0.2, -0.15) is 0 Å². The molecule has 0 radical (unpaired) electrons. The minimum Gasteiger partial charge on any atom is -0.493 e. The Balaban J connectivity index is 1.85. The van der Waals surface area contributed by atoms with Crippen molar-refractivity contribution in [3.63, 3.8) is 0 Å². The van der Waals surface area contributed by atoms with Gasteiger partial charge < -0.3 is 9.47 Å². The quantitative estimate of drug-likeness (QED) is 0.446. The summed E-state index contributed by atoms with van der Waals surface area (Å²) in [5.74, 6) is 2.66. The highest BCUT2D eigenvalue weighted by molar-refractivity contribution is 8.18. The maximum absolute atomic E-state index is 12.7. The Labute approximate surface area is 182 Å². The summed E-state index contributed by atoms with van der Waals surface area (Å²) >= 11 is 13.1. The first-order valence-electron chi connectivity index (χ1n) is 8.36. The molecule has 0 aromatic heterocycles. The van der Waals surface area contributed by atoms with Gasteiger partial charge in [-0.3, -0.25) is 14.5 Å². The molecule has 5 nitrogen and oxygen atoms in total. The Morgan fingerprint density at radius 2 is 2.03 bits per heavy atom. The number of methoxy groups -OCH3 is 1. The number of benzene rings is 2. The number of rotatable bonds is 6. The van der Waals surface area contributed by atoms with Crippen molar-refractivity contribution in [3.8, 4) is 23.8 Å². The smallest absolute Gasteiger partial charge is 0.293 e. The fraction of sp³-hybridized carbons (Fsp3) is 0.143. The lowest BCUT2D eigenvalue weighted by Crippen LogP contribution is -2.27. The number of hydrogen-bond acceptors (Lipinski definition) is 5. The summed E-state index contributed by atoms with van der Waals surface area (Å²) in [4.78, 5) is 26.5. The molecule has 3 rings (SSSR count). The van der Waals surface area contributed by atoms with Gasteiger partial charge >= 0.3 is 0 Å². The normalized spacial score (nSPS) is 15.0. The van der Waals surface area contributed by atoms with Crippen LogP contribution in [-0.4, -0.2) is 29.8 Å². The highest BCUT2D eigenvalue weighted by Gasteiger charge is 2.35. The molecule has 1 fully saturated rings. The predicted octanol–water partition coefficient (Wildman–Crippen LogP) is 5.25. The van der Waals surface area contributed by atoms with Crippen LogP contribution in [0.15, 0.2) is 41.3 Å². The molecule has 1 saturated heterocycles. The summed E-state index contributed by atoms with van der Waals surface area (Å²) in [6, 6.07) is 10.3. The second-order valence-electron chi connectivity index (χ2n) is 5.92. The molecule has 2 aromatic carbocycles. The molecule has 29 heavy (non-hydrogen) atoms. The largest absolute Gasteiger partial charge is 0.493 e. The molecule has 1 aliphatic heterocycles. The molecule has 2 aromatic rings. The molecule has 148 valence electrons. The standard InChI is InChI=1S/C21H15Cl2NO4S/c1-3-7-28-19-16(23)9-14(10-17(19)27-2)11-18-20(25)24(21(26)29-18)12-13-5-4-6-15(22)8-13/h1,4-6,8-11H,7,12H2,2H3/b18-11-. The van der Waals surface area contributed by atoms with Crippen molar-refractivity contribution in [2.24, 2.45) is 0 Å². The van der Waals surface area contributed by atoms with Crippen LogP contribution in [0.5, 0.6) is 11.5 Å². The van der Waals surface area contributed by atoms with E-state index in [1.54, 1.807) is 42.5 Å². The van der Waals surface area contributed by atoms with Crippen molar-refractivity contribution in [1.29, 1.82) is 0 Å². The number of halogens is 2. The number of nitrogens with zero attached hydrogens (tertiary/aromatic N) is 1. The lowest BCUT2D eigenvalue weighted by Gasteiger charge is -2.13. The number of ether oxygens (including phenoxy) is 2. The molecular weight excluding hydrogens is 433 g/mol. The third kappa shape index (κ3) is 4.88. The van der Waals surface area contributed by atoms with E-state index >= 15 is 0 Å². The van der Waals surface area contributed by atoms with Gasteiger partial charge in [0.1, 0.15) is 6.61 Å². The Bertz CT molecular complexity index is 1050. The van der Waals surface area contributed by atoms with E-state index in [1.165, 1.54) is 12.0 Å². The van der Waals surface area contributed by atoms with E-state index in [-0.39, 0.29) is 34.2 Å². The number of carbonyl (C=O) groups excluding carboxylic acids is 2. The van der Waals surface area contributed by atoms with Crippen molar-refractivity contribution in [1.82, 2.24) is 4.90 Å². The number of amides is 2. The number of thioether (sulfide) groups is 1. The fourth-order valence-corrected chi connectivity index (χ4v) is 4.01. The van der Waals surface area contributed by atoms with Crippen molar-refractivity contribution in [3.05, 3.63) is 62.5 Å². The molecule has 2 amide bonds. The molecule has 8 heteroatoms. The van der Waals surface area contributed by atoms with Crippen molar-refractivity contribution < 1.29 is 19.1 Å². The van der Waals surface area contributed by atoms with Crippen LogP contribution in [0.2, 0.25) is 10.0 Å². The third-order valence-electron chi connectivity index (χ3n) is 3.95. The molecule has 0 unspecified atom stereocenters. The molecule has 1 heterocycles. The Hall–Kier alpha value is -2.59. The van der Waals surface area contributed by atoms with Gasteiger partial charge in [0.25, 0.3) is 11.1 Å². The average Bonchev–Trinajstić information content (AvgIpc) is 2.94. The molecule has 0 atom stereocenters. The van der Waals surface area contributed by atoms with E-state index in [0.717, 1.165) is 17.3 Å². The molecule has 0 N–H and O–H groups in total. The predicted molar refractivity (Wildman–Crippen MR) is 115 cm³/mol. The monoisotopic (exact) mass is 447 g/mol. The molecule has 0 bridgehead atoms. The molecule has 0 aliphatic carbocycles. The van der Waals surface area contributed by atoms with Crippen molar-refractivity contribution in [2.45, 2.75) is 6.54 Å². The van der Waals surface area contributed by atoms with Crippen molar-refractivity contribution >= 4 is 52.2 Å². The van der Waals surface area contributed by atoms with E-state index in [0.29, 0.717) is 22.1 Å². The van der Waals surface area contributed by atoms with Crippen molar-refractivity contribution in [2.75, 3.05) is 13.7 Å². The SMILES string of the molecule is C#CCOc1c(Cl)cc(/C=C2\SC(=O)N(Cc3cccc(Cl)c3)C2=O)cc1OC. The first kappa shape index (κ1) is 21.1. The lowest BCUT2D eigenvalue weighted by molar-refractivity contribution is -0.123. The van der Waals surface area contributed by atoms with Crippen LogP contribution in [0.1, 0.15) is 11.1 Å². The summed E-state index contributed by atoms with van der Waals surface area (Å²) < 4.78 is 10.7. The molecular formula is C21H15Cl2NO4S. The van der Waals surface area contributed by atoms with E-state index in [2.05, 4.69) is 5.92 Å². The maximum Gasteiger partial charge on any atom is 0.293 e. The number of hydrogen-bond donors (Lipinski definition) is 0. The van der Waals surface area contributed by atoms with E-state index in [1.807, 2.05) is 0 Å². The van der Waals surface area contributed by atoms with E-state index < -0.39 is 0 Å². The molecule has 0 saturated carbocycles. The lowest BCUT2D eigenvalue weighted by atomic mass is 10.1. The zero-order chi connectivity index (χ0) is 21.0. The highest BCUT2D eigenvalue weighted by Crippen LogP contribution is 2.39. The van der Waals surface area contributed by atoms with Gasteiger partial charge in [-0.05, 0) is 53.2 Å². The first-order chi connectivity index (χ1) is 13.9. The summed E-state index contributed by atoms with van der Waals surface area (Å²) in [7, 11) is 1.47. The Morgan fingerprint density at radius 3 is 2.72 bits per heavy atom. The third-order valence-corrected chi connectivity index (χ3v) is 5.38. The zero-order valence-electron chi connectivity index (χ0n) is 15.3. The van der Waals surface area contributed by atoms with Gasteiger partial charge in [0, 0.05) is 5.02 Å². The minimum absolute atomic E-state index is 0.0395. The average molecular weight is 448 g/mol. The summed E-state index contributed by atoms with van der Waals surface area (Å²) in [6.07, 6.45) is 6.79. The molecule has 0 spiro atoms. The van der Waals surface area contributed by atoms with Gasteiger partial charge in [0.2, 0.25) is 0 Å². The molecule has 1 aliphatic rings. The van der Waals surface area contributed by atoms with Crippen LogP contribution in [0, 0.1) is 12.3 Å². The zero-order valence-corrected chi connectivity index (χ0v) is 17.6. The van der Waals surface area contributed by atoms with Crippen LogP contribution < -0.4 is 9.47 Å². The number of carbonyl (C=O) groups is 2. The second kappa shape index (κ2) is 9.27. The van der Waals surface area contributed by atoms with Crippen LogP contribution >= 0.6 is 35.0 Å². The maximum atomic E-state index is 12.7. The Kier molecular flexibility index (Phi) is 6.75. The van der Waals surface area contributed by atoms with Gasteiger partial charge in [0.05, 0.1) is 23.6 Å². The van der Waals surface area contributed by atoms with Gasteiger partial charge in [-0.1, -0.05) is 41.3 Å². The van der Waals surface area contributed by atoms with Gasteiger partial charge in [0.15, 0.2) is 11.5 Å². The summed E-state index contributed by atoms with van der Waals surface area (Å²) in [6.45, 7) is 0.184. The highest BCUT2D eigenvalue weighted by atomic mass is 35.5. The van der Waals surface area contributed by atoms with Crippen LogP contribution in [0.3, 0.4) is 0 Å². The van der Waals surface area contributed by atoms with Gasteiger partial charge in [-0.15, -0.1) is 6.42 Å². The summed E-state index contributed by atoms with van der Waals surface area (Å²) in [5.41, 5.74) is 1.36.